The molecule has 11 nitrogen and oxygen atoms in total. The van der Waals surface area contributed by atoms with Gasteiger partial charge in [0.05, 0.1) is 23.6 Å². The molecule has 0 radical (unpaired) electrons. The number of rotatable bonds is 5. The average molecular weight is 442 g/mol. The summed E-state index contributed by atoms with van der Waals surface area (Å²) < 4.78 is 0. The van der Waals surface area contributed by atoms with Gasteiger partial charge in [-0.3, -0.25) is 39.0 Å². The first kappa shape index (κ1) is 21.5. The van der Waals surface area contributed by atoms with Gasteiger partial charge in [0.1, 0.15) is 6.04 Å². The minimum atomic E-state index is -1.06. The second-order valence-electron chi connectivity index (χ2n) is 8.02. The Morgan fingerprint density at radius 3 is 2.44 bits per heavy atom. The van der Waals surface area contributed by atoms with Crippen LogP contribution in [0.4, 0.5) is 5.69 Å². The maximum atomic E-state index is 13.0. The molecule has 1 aromatic rings. The predicted octanol–water partition coefficient (Wildman–Crippen LogP) is -0.177. The van der Waals surface area contributed by atoms with Crippen LogP contribution in [0.25, 0.3) is 0 Å². The number of hydrogen-bond donors (Lipinski definition) is 3. The van der Waals surface area contributed by atoms with Gasteiger partial charge in [-0.1, -0.05) is 6.07 Å². The van der Waals surface area contributed by atoms with Gasteiger partial charge >= 0.3 is 5.97 Å². The molecule has 0 saturated carbocycles. The molecule has 1 unspecified atom stereocenters. The van der Waals surface area contributed by atoms with Crippen LogP contribution in [0.1, 0.15) is 46.4 Å². The number of amides is 5. The smallest absolute Gasteiger partial charge is 0.306 e. The van der Waals surface area contributed by atoms with Gasteiger partial charge in [0.2, 0.25) is 17.7 Å². The molecular formula is C21H22N4O7. The molecule has 3 heterocycles. The second-order valence-corrected chi connectivity index (χ2v) is 8.02. The zero-order valence-corrected chi connectivity index (χ0v) is 17.1. The van der Waals surface area contributed by atoms with E-state index in [-0.39, 0.29) is 36.4 Å². The number of hydrogen-bond acceptors (Lipinski definition) is 7. The Morgan fingerprint density at radius 1 is 1.06 bits per heavy atom. The van der Waals surface area contributed by atoms with Crippen molar-refractivity contribution in [2.45, 2.75) is 31.7 Å². The first-order chi connectivity index (χ1) is 15.3. The molecule has 1 atom stereocenters. The average Bonchev–Trinajstić information content (AvgIpc) is 3.03. The summed E-state index contributed by atoms with van der Waals surface area (Å²) in [4.78, 5) is 75.5. The predicted molar refractivity (Wildman–Crippen MR) is 109 cm³/mol. The molecule has 3 N–H and O–H groups in total. The number of aliphatic carboxylic acids is 1. The van der Waals surface area contributed by atoms with Crippen molar-refractivity contribution in [3.63, 3.8) is 0 Å². The molecule has 0 aliphatic carbocycles. The molecular weight excluding hydrogens is 420 g/mol. The SMILES string of the molecule is O=C1CCC(N2C(=O)c3cccc(NCC(=O)N4CCC(C(=O)O)CC4)c3C2=O)C(=O)N1. The molecule has 2 saturated heterocycles. The summed E-state index contributed by atoms with van der Waals surface area (Å²) in [5.74, 6) is -3.97. The van der Waals surface area contributed by atoms with Crippen LogP contribution in [0.2, 0.25) is 0 Å². The number of anilines is 1. The number of carboxylic acid groups (broad SMARTS) is 1. The maximum absolute atomic E-state index is 13.0. The van der Waals surface area contributed by atoms with E-state index in [2.05, 4.69) is 10.6 Å². The minimum absolute atomic E-state index is 0.0298. The number of benzene rings is 1. The topological polar surface area (TPSA) is 153 Å². The van der Waals surface area contributed by atoms with Crippen molar-refractivity contribution in [1.29, 1.82) is 0 Å². The monoisotopic (exact) mass is 442 g/mol. The number of carbonyl (C=O) groups excluding carboxylic acids is 5. The molecule has 0 bridgehead atoms. The molecule has 3 aliphatic heterocycles. The number of nitrogens with zero attached hydrogens (tertiary/aromatic N) is 2. The largest absolute Gasteiger partial charge is 0.481 e. The Labute approximate surface area is 182 Å². The summed E-state index contributed by atoms with van der Waals surface area (Å²) in [6, 6.07) is 3.56. The van der Waals surface area contributed by atoms with Crippen molar-refractivity contribution in [3.05, 3.63) is 29.3 Å². The highest BCUT2D eigenvalue weighted by Gasteiger charge is 2.45. The minimum Gasteiger partial charge on any atom is -0.481 e. The Morgan fingerprint density at radius 2 is 1.78 bits per heavy atom. The summed E-state index contributed by atoms with van der Waals surface area (Å²) >= 11 is 0. The van der Waals surface area contributed by atoms with E-state index in [1.165, 1.54) is 6.07 Å². The molecule has 0 spiro atoms. The third-order valence-corrected chi connectivity index (χ3v) is 6.10. The summed E-state index contributed by atoms with van der Waals surface area (Å²) in [5.41, 5.74) is 0.503. The standard InChI is InChI=1S/C21H22N4O7/c26-15-5-4-14(18(28)23-15)25-19(29)12-2-1-3-13(17(12)20(25)30)22-10-16(27)24-8-6-11(7-9-24)21(31)32/h1-3,11,14,22H,4-10H2,(H,31,32)(H,23,26,28). The van der Waals surface area contributed by atoms with Gasteiger partial charge in [-0.15, -0.1) is 0 Å². The molecule has 4 rings (SSSR count). The lowest BCUT2D eigenvalue weighted by molar-refractivity contribution is -0.145. The van der Waals surface area contributed by atoms with Crippen molar-refractivity contribution in [2.24, 2.45) is 5.92 Å². The van der Waals surface area contributed by atoms with E-state index in [4.69, 9.17) is 5.11 Å². The normalized spacial score (nSPS) is 21.4. The second kappa shape index (κ2) is 8.40. The fourth-order valence-electron chi connectivity index (χ4n) is 4.32. The quantitative estimate of drug-likeness (QED) is 0.531. The first-order valence-electron chi connectivity index (χ1n) is 10.4. The van der Waals surface area contributed by atoms with Crippen LogP contribution >= 0.6 is 0 Å². The molecule has 168 valence electrons. The molecule has 0 aromatic heterocycles. The van der Waals surface area contributed by atoms with Crippen LogP contribution in [0.3, 0.4) is 0 Å². The molecule has 3 aliphatic rings. The lowest BCUT2D eigenvalue weighted by Gasteiger charge is -2.30. The number of piperidine rings is 2. The van der Waals surface area contributed by atoms with Crippen molar-refractivity contribution < 1.29 is 33.9 Å². The zero-order chi connectivity index (χ0) is 23.0. The zero-order valence-electron chi connectivity index (χ0n) is 17.1. The van der Waals surface area contributed by atoms with E-state index in [1.54, 1.807) is 17.0 Å². The van der Waals surface area contributed by atoms with Crippen LogP contribution in [-0.2, 0) is 19.2 Å². The number of carbonyl (C=O) groups is 6. The van der Waals surface area contributed by atoms with E-state index >= 15 is 0 Å². The van der Waals surface area contributed by atoms with Crippen LogP contribution in [0, 0.1) is 5.92 Å². The highest BCUT2D eigenvalue weighted by atomic mass is 16.4. The number of likely N-dealkylation sites (tertiary alicyclic amines) is 1. The van der Waals surface area contributed by atoms with E-state index < -0.39 is 41.6 Å². The van der Waals surface area contributed by atoms with E-state index in [0.717, 1.165) is 4.90 Å². The molecule has 1 aromatic carbocycles. The maximum Gasteiger partial charge on any atom is 0.306 e. The highest BCUT2D eigenvalue weighted by Crippen LogP contribution is 2.32. The van der Waals surface area contributed by atoms with Crippen molar-refractivity contribution in [2.75, 3.05) is 25.0 Å². The third kappa shape index (κ3) is 3.81. The summed E-state index contributed by atoms with van der Waals surface area (Å²) in [6.45, 7) is 0.546. The van der Waals surface area contributed by atoms with E-state index in [0.29, 0.717) is 31.6 Å². The van der Waals surface area contributed by atoms with Crippen LogP contribution in [0.5, 0.6) is 0 Å². The number of nitrogens with one attached hydrogen (secondary N) is 2. The Hall–Kier alpha value is -3.76. The van der Waals surface area contributed by atoms with Gasteiger partial charge in [-0.2, -0.15) is 0 Å². The van der Waals surface area contributed by atoms with Crippen molar-refractivity contribution in [3.8, 4) is 0 Å². The fraction of sp³-hybridized carbons (Fsp3) is 0.429. The lowest BCUT2D eigenvalue weighted by atomic mass is 9.97. The molecule has 2 fully saturated rings. The third-order valence-electron chi connectivity index (χ3n) is 6.10. The Bertz CT molecular complexity index is 1030. The van der Waals surface area contributed by atoms with E-state index in [1.807, 2.05) is 0 Å². The Kier molecular flexibility index (Phi) is 5.64. The Balaban J connectivity index is 1.45. The van der Waals surface area contributed by atoms with Crippen molar-refractivity contribution in [1.82, 2.24) is 15.1 Å². The summed E-state index contributed by atoms with van der Waals surface area (Å²) in [7, 11) is 0. The van der Waals surface area contributed by atoms with Crippen LogP contribution in [0.15, 0.2) is 18.2 Å². The van der Waals surface area contributed by atoms with Crippen molar-refractivity contribution >= 4 is 41.2 Å². The fourth-order valence-corrected chi connectivity index (χ4v) is 4.32. The highest BCUT2D eigenvalue weighted by molar-refractivity contribution is 6.25. The lowest BCUT2D eigenvalue weighted by Crippen LogP contribution is -2.54. The number of imide groups is 2. The first-order valence-corrected chi connectivity index (χ1v) is 10.4. The summed E-state index contributed by atoms with van der Waals surface area (Å²) in [5, 5.41) is 14.1. The van der Waals surface area contributed by atoms with Gasteiger partial charge in [0.15, 0.2) is 0 Å². The number of carboxylic acids is 1. The number of fused-ring (bicyclic) bond motifs is 1. The summed E-state index contributed by atoms with van der Waals surface area (Å²) in [6.07, 6.45) is 0.858. The van der Waals surface area contributed by atoms with Crippen LogP contribution < -0.4 is 10.6 Å². The molecule has 32 heavy (non-hydrogen) atoms. The van der Waals surface area contributed by atoms with Gasteiger partial charge in [-0.25, -0.2) is 0 Å². The van der Waals surface area contributed by atoms with E-state index in [9.17, 15) is 28.8 Å². The molecule has 5 amide bonds. The van der Waals surface area contributed by atoms with Gasteiger partial charge in [0, 0.05) is 25.2 Å². The van der Waals surface area contributed by atoms with Gasteiger partial charge in [0.25, 0.3) is 11.8 Å². The van der Waals surface area contributed by atoms with Crippen LogP contribution in [-0.4, -0.2) is 76.1 Å². The van der Waals surface area contributed by atoms with Gasteiger partial charge in [-0.05, 0) is 31.4 Å². The van der Waals surface area contributed by atoms with Gasteiger partial charge < -0.3 is 15.3 Å². The molecule has 11 heteroatoms.